The molecule has 0 amide bonds. The van der Waals surface area contributed by atoms with Crippen molar-refractivity contribution in [3.63, 3.8) is 0 Å². The molecule has 8 nitrogen and oxygen atoms in total. The van der Waals surface area contributed by atoms with E-state index in [1.54, 1.807) is 27.7 Å². The highest BCUT2D eigenvalue weighted by Gasteiger charge is 2.48. The Labute approximate surface area is 126 Å². The summed E-state index contributed by atoms with van der Waals surface area (Å²) in [6.07, 6.45) is 0.0297. The lowest BCUT2D eigenvalue weighted by molar-refractivity contribution is -0.188. The zero-order valence-electron chi connectivity index (χ0n) is 12.6. The molecular weight excluding hydrogens is 296 g/mol. The summed E-state index contributed by atoms with van der Waals surface area (Å²) in [7, 11) is 0. The number of cyclic esters (lactones) is 2. The molecule has 1 unspecified atom stereocenters. The van der Waals surface area contributed by atoms with Gasteiger partial charge in [0.1, 0.15) is 6.26 Å². The molecule has 1 atom stereocenters. The van der Waals surface area contributed by atoms with Gasteiger partial charge in [-0.2, -0.15) is 0 Å². The first-order valence-electron chi connectivity index (χ1n) is 6.73. The van der Waals surface area contributed by atoms with Crippen LogP contribution in [0.5, 0.6) is 0 Å². The van der Waals surface area contributed by atoms with Gasteiger partial charge in [0.05, 0.1) is 0 Å². The Morgan fingerprint density at radius 3 is 2.41 bits per heavy atom. The van der Waals surface area contributed by atoms with Crippen LogP contribution in [0.15, 0.2) is 23.5 Å². The van der Waals surface area contributed by atoms with Crippen LogP contribution < -0.4 is 0 Å². The van der Waals surface area contributed by atoms with Crippen LogP contribution >= 0.6 is 0 Å². The monoisotopic (exact) mass is 312 g/mol. The molecule has 0 aliphatic carbocycles. The van der Waals surface area contributed by atoms with E-state index in [2.05, 4.69) is 0 Å². The first-order chi connectivity index (χ1) is 10.2. The van der Waals surface area contributed by atoms with Crippen LogP contribution in [0.3, 0.4) is 0 Å². The summed E-state index contributed by atoms with van der Waals surface area (Å²) in [6.45, 7) is 6.31. The van der Waals surface area contributed by atoms with Crippen molar-refractivity contribution in [2.24, 2.45) is 0 Å². The van der Waals surface area contributed by atoms with Gasteiger partial charge in [0.25, 0.3) is 6.10 Å². The molecule has 3 rings (SSSR count). The molecule has 3 heterocycles. The SMILES string of the molecule is CC1(C)OC=C(C2=C(C3OC(=O)COC3=O)OC(C)(C)O2)O1. The maximum absolute atomic E-state index is 11.9. The Balaban J connectivity index is 1.95. The summed E-state index contributed by atoms with van der Waals surface area (Å²) in [5.41, 5.74) is 0. The Hall–Kier alpha value is -2.38. The highest BCUT2D eigenvalue weighted by atomic mass is 16.8. The predicted octanol–water partition coefficient (Wildman–Crippen LogP) is 1.07. The van der Waals surface area contributed by atoms with E-state index in [0.29, 0.717) is 0 Å². The molecule has 0 N–H and O–H groups in total. The molecule has 0 saturated carbocycles. The summed E-state index contributed by atoms with van der Waals surface area (Å²) in [4.78, 5) is 23.2. The van der Waals surface area contributed by atoms with Crippen molar-refractivity contribution in [2.75, 3.05) is 6.61 Å². The lowest BCUT2D eigenvalue weighted by atomic mass is 10.2. The molecule has 1 saturated heterocycles. The van der Waals surface area contributed by atoms with Crippen molar-refractivity contribution in [3.8, 4) is 0 Å². The summed E-state index contributed by atoms with van der Waals surface area (Å²) >= 11 is 0. The minimum absolute atomic E-state index is 0.0237. The molecule has 0 spiro atoms. The van der Waals surface area contributed by atoms with E-state index >= 15 is 0 Å². The molecular formula is C14H16O8. The van der Waals surface area contributed by atoms with Crippen LogP contribution in [0, 0.1) is 0 Å². The van der Waals surface area contributed by atoms with Crippen LogP contribution in [0.2, 0.25) is 0 Å². The average Bonchev–Trinajstić information content (AvgIpc) is 2.92. The second-order valence-corrected chi connectivity index (χ2v) is 5.88. The minimum Gasteiger partial charge on any atom is -0.457 e. The van der Waals surface area contributed by atoms with Gasteiger partial charge in [-0.05, 0) is 0 Å². The van der Waals surface area contributed by atoms with Gasteiger partial charge in [-0.25, -0.2) is 9.59 Å². The molecule has 0 aromatic rings. The number of hydrogen-bond donors (Lipinski definition) is 0. The summed E-state index contributed by atoms with van der Waals surface area (Å²) in [6, 6.07) is 0. The zero-order chi connectivity index (χ0) is 16.1. The Bertz CT molecular complexity index is 598. The number of carbonyl (C=O) groups excluding carboxylic acids is 2. The zero-order valence-corrected chi connectivity index (χ0v) is 12.6. The van der Waals surface area contributed by atoms with Gasteiger partial charge < -0.3 is 28.4 Å². The summed E-state index contributed by atoms with van der Waals surface area (Å²) in [5, 5.41) is 0. The Morgan fingerprint density at radius 2 is 1.77 bits per heavy atom. The van der Waals surface area contributed by atoms with Gasteiger partial charge in [0.15, 0.2) is 12.4 Å². The molecule has 3 aliphatic heterocycles. The highest BCUT2D eigenvalue weighted by Crippen LogP contribution is 2.41. The van der Waals surface area contributed by atoms with Crippen LogP contribution in [0.1, 0.15) is 27.7 Å². The molecule has 0 radical (unpaired) electrons. The van der Waals surface area contributed by atoms with Crippen LogP contribution in [-0.4, -0.2) is 36.2 Å². The molecule has 0 bridgehead atoms. The van der Waals surface area contributed by atoms with E-state index in [1.807, 2.05) is 0 Å². The van der Waals surface area contributed by atoms with E-state index < -0.39 is 36.2 Å². The van der Waals surface area contributed by atoms with E-state index in [9.17, 15) is 9.59 Å². The first kappa shape index (κ1) is 14.6. The number of rotatable bonds is 2. The third kappa shape index (κ3) is 2.56. The van der Waals surface area contributed by atoms with Crippen molar-refractivity contribution in [2.45, 2.75) is 45.4 Å². The van der Waals surface area contributed by atoms with Crippen molar-refractivity contribution in [1.29, 1.82) is 0 Å². The fourth-order valence-corrected chi connectivity index (χ4v) is 2.16. The minimum atomic E-state index is -1.33. The number of ether oxygens (including phenoxy) is 6. The quantitative estimate of drug-likeness (QED) is 0.700. The number of esters is 2. The molecule has 22 heavy (non-hydrogen) atoms. The van der Waals surface area contributed by atoms with Crippen molar-refractivity contribution in [1.82, 2.24) is 0 Å². The number of hydrogen-bond acceptors (Lipinski definition) is 8. The molecule has 3 aliphatic rings. The van der Waals surface area contributed by atoms with Crippen LogP contribution in [0.25, 0.3) is 0 Å². The van der Waals surface area contributed by atoms with Crippen molar-refractivity contribution in [3.05, 3.63) is 23.5 Å². The smallest absolute Gasteiger partial charge is 0.356 e. The molecule has 8 heteroatoms. The molecule has 0 aromatic heterocycles. The second-order valence-electron chi connectivity index (χ2n) is 5.88. The Kier molecular flexibility index (Phi) is 3.01. The van der Waals surface area contributed by atoms with E-state index in [0.717, 1.165) is 0 Å². The maximum Gasteiger partial charge on any atom is 0.356 e. The van der Waals surface area contributed by atoms with Gasteiger partial charge in [-0.1, -0.05) is 0 Å². The van der Waals surface area contributed by atoms with E-state index in [-0.39, 0.29) is 17.3 Å². The molecule has 0 aromatic carbocycles. The van der Waals surface area contributed by atoms with E-state index in [4.69, 9.17) is 28.4 Å². The van der Waals surface area contributed by atoms with Gasteiger partial charge in [-0.15, -0.1) is 0 Å². The topological polar surface area (TPSA) is 89.5 Å². The standard InChI is InChI=1S/C14H16O8/c1-13(2)18-5-7(20-13)9-10(22-14(3,4)21-9)11-12(16)17-6-8(15)19-11/h5,11H,6H2,1-4H3. The van der Waals surface area contributed by atoms with Gasteiger partial charge in [0, 0.05) is 27.7 Å². The summed E-state index contributed by atoms with van der Waals surface area (Å²) < 4.78 is 32.0. The third-order valence-electron chi connectivity index (χ3n) is 2.99. The van der Waals surface area contributed by atoms with Gasteiger partial charge in [0.2, 0.25) is 23.1 Å². The maximum atomic E-state index is 11.9. The van der Waals surface area contributed by atoms with Gasteiger partial charge >= 0.3 is 11.9 Å². The highest BCUT2D eigenvalue weighted by molar-refractivity contribution is 5.87. The lowest BCUT2D eigenvalue weighted by Gasteiger charge is -2.23. The number of carbonyl (C=O) groups is 2. The van der Waals surface area contributed by atoms with Gasteiger partial charge in [-0.3, -0.25) is 0 Å². The van der Waals surface area contributed by atoms with Crippen molar-refractivity contribution >= 4 is 11.9 Å². The summed E-state index contributed by atoms with van der Waals surface area (Å²) in [5.74, 6) is -2.89. The second kappa shape index (κ2) is 4.56. The normalized spacial score (nSPS) is 28.7. The molecule has 1 fully saturated rings. The predicted molar refractivity (Wildman–Crippen MR) is 68.4 cm³/mol. The van der Waals surface area contributed by atoms with Crippen molar-refractivity contribution < 1.29 is 38.0 Å². The lowest BCUT2D eigenvalue weighted by Crippen LogP contribution is -2.40. The third-order valence-corrected chi connectivity index (χ3v) is 2.99. The largest absolute Gasteiger partial charge is 0.457 e. The van der Waals surface area contributed by atoms with Crippen LogP contribution in [-0.2, 0) is 38.0 Å². The van der Waals surface area contributed by atoms with E-state index in [1.165, 1.54) is 6.26 Å². The average molecular weight is 312 g/mol. The fourth-order valence-electron chi connectivity index (χ4n) is 2.16. The van der Waals surface area contributed by atoms with Crippen LogP contribution in [0.4, 0.5) is 0 Å². The Morgan fingerprint density at radius 1 is 1.05 bits per heavy atom. The molecule has 120 valence electrons. The fraction of sp³-hybridized carbons (Fsp3) is 0.571. The first-order valence-corrected chi connectivity index (χ1v) is 6.73.